The molecule has 0 aliphatic carbocycles. The van der Waals surface area contributed by atoms with Crippen molar-refractivity contribution >= 4 is 45.0 Å². The quantitative estimate of drug-likeness (QED) is 0.660. The minimum atomic E-state index is -0.0950. The lowest BCUT2D eigenvalue weighted by Crippen LogP contribution is -2.27. The molecule has 1 aromatic carbocycles. The maximum absolute atomic E-state index is 12.7. The summed E-state index contributed by atoms with van der Waals surface area (Å²) in [5, 5.41) is 0. The van der Waals surface area contributed by atoms with Crippen LogP contribution in [0.4, 0.5) is 11.4 Å². The second-order valence-corrected chi connectivity index (χ2v) is 6.48. The number of nitrogens with zero attached hydrogens (tertiary/aromatic N) is 2. The molecule has 21 heavy (non-hydrogen) atoms. The van der Waals surface area contributed by atoms with Crippen LogP contribution in [0, 0.1) is 0 Å². The number of benzene rings is 1. The average molecular weight is 366 g/mol. The third kappa shape index (κ3) is 3.57. The second-order valence-electron chi connectivity index (χ2n) is 4.36. The lowest BCUT2D eigenvalue weighted by Gasteiger charge is -2.20. The zero-order chi connectivity index (χ0) is 15.4. The SMILES string of the molecule is CCSc1ccccc1C(=O)N(C)c1cnc(Br)cc1N. The van der Waals surface area contributed by atoms with Crippen molar-refractivity contribution in [3.63, 3.8) is 0 Å². The van der Waals surface area contributed by atoms with E-state index < -0.39 is 0 Å². The molecule has 2 N–H and O–H groups in total. The third-order valence-electron chi connectivity index (χ3n) is 2.96. The summed E-state index contributed by atoms with van der Waals surface area (Å²) in [5.41, 5.74) is 7.75. The zero-order valence-electron chi connectivity index (χ0n) is 11.8. The van der Waals surface area contributed by atoms with E-state index in [1.165, 1.54) is 4.90 Å². The number of carbonyl (C=O) groups excluding carboxylic acids is 1. The average Bonchev–Trinajstić information content (AvgIpc) is 2.47. The van der Waals surface area contributed by atoms with Crippen LogP contribution in [0.2, 0.25) is 0 Å². The molecule has 0 radical (unpaired) electrons. The Morgan fingerprint density at radius 1 is 1.43 bits per heavy atom. The van der Waals surface area contributed by atoms with E-state index in [1.54, 1.807) is 31.1 Å². The van der Waals surface area contributed by atoms with Gasteiger partial charge >= 0.3 is 0 Å². The standard InChI is InChI=1S/C15H16BrN3OS/c1-3-21-13-7-5-4-6-10(13)15(20)19(2)12-9-18-14(16)8-11(12)17/h4-9H,3H2,1-2H3,(H2,17,18). The molecule has 0 spiro atoms. The lowest BCUT2D eigenvalue weighted by molar-refractivity contribution is 0.0990. The van der Waals surface area contributed by atoms with Gasteiger partial charge in [-0.2, -0.15) is 0 Å². The van der Waals surface area contributed by atoms with Gasteiger partial charge in [0.15, 0.2) is 0 Å². The number of hydrogen-bond acceptors (Lipinski definition) is 4. The fourth-order valence-electron chi connectivity index (χ4n) is 1.93. The molecule has 110 valence electrons. The van der Waals surface area contributed by atoms with Gasteiger partial charge in [-0.25, -0.2) is 4.98 Å². The summed E-state index contributed by atoms with van der Waals surface area (Å²) in [4.78, 5) is 19.3. The van der Waals surface area contributed by atoms with Gasteiger partial charge in [0.05, 0.1) is 23.1 Å². The Kier molecular flexibility index (Phi) is 5.25. The fraction of sp³-hybridized carbons (Fsp3) is 0.200. The van der Waals surface area contributed by atoms with E-state index in [1.807, 2.05) is 24.3 Å². The molecule has 1 amide bonds. The summed E-state index contributed by atoms with van der Waals surface area (Å²) in [6, 6.07) is 9.28. The lowest BCUT2D eigenvalue weighted by atomic mass is 10.2. The normalized spacial score (nSPS) is 10.4. The number of nitrogen functional groups attached to an aromatic ring is 1. The van der Waals surface area contributed by atoms with Crippen LogP contribution in [-0.4, -0.2) is 23.7 Å². The number of carbonyl (C=O) groups is 1. The molecule has 0 saturated heterocycles. The van der Waals surface area contributed by atoms with E-state index in [-0.39, 0.29) is 5.91 Å². The first kappa shape index (κ1) is 15.9. The molecule has 2 aromatic rings. The first-order valence-corrected chi connectivity index (χ1v) is 8.23. The molecule has 4 nitrogen and oxygen atoms in total. The predicted octanol–water partition coefficient (Wildman–Crippen LogP) is 3.81. The first-order chi connectivity index (χ1) is 10.0. The van der Waals surface area contributed by atoms with Crippen LogP contribution in [0.15, 0.2) is 46.0 Å². The highest BCUT2D eigenvalue weighted by Crippen LogP contribution is 2.28. The van der Waals surface area contributed by atoms with Gasteiger partial charge < -0.3 is 10.6 Å². The Balaban J connectivity index is 2.35. The van der Waals surface area contributed by atoms with Crippen LogP contribution >= 0.6 is 27.7 Å². The number of hydrogen-bond donors (Lipinski definition) is 1. The van der Waals surface area contributed by atoms with Crippen molar-refractivity contribution < 1.29 is 4.79 Å². The summed E-state index contributed by atoms with van der Waals surface area (Å²) in [6.45, 7) is 2.06. The smallest absolute Gasteiger partial charge is 0.259 e. The summed E-state index contributed by atoms with van der Waals surface area (Å²) < 4.78 is 0.645. The summed E-state index contributed by atoms with van der Waals surface area (Å²) >= 11 is 4.91. The maximum Gasteiger partial charge on any atom is 0.259 e. The van der Waals surface area contributed by atoms with Gasteiger partial charge in [0.25, 0.3) is 5.91 Å². The minimum absolute atomic E-state index is 0.0950. The molecule has 0 unspecified atom stereocenters. The monoisotopic (exact) mass is 365 g/mol. The Morgan fingerprint density at radius 3 is 2.81 bits per heavy atom. The Bertz CT molecular complexity index is 663. The van der Waals surface area contributed by atoms with Crippen LogP contribution in [-0.2, 0) is 0 Å². The molecule has 0 atom stereocenters. The number of rotatable bonds is 4. The van der Waals surface area contributed by atoms with Gasteiger partial charge in [0.1, 0.15) is 4.60 Å². The predicted molar refractivity (Wildman–Crippen MR) is 91.9 cm³/mol. The second kappa shape index (κ2) is 6.95. The molecule has 0 aliphatic rings. The molecule has 0 bridgehead atoms. The molecule has 0 saturated carbocycles. The molecular formula is C15H16BrN3OS. The van der Waals surface area contributed by atoms with Gasteiger partial charge in [-0.1, -0.05) is 19.1 Å². The van der Waals surface area contributed by atoms with Crippen LogP contribution in [0.5, 0.6) is 0 Å². The van der Waals surface area contributed by atoms with Crippen molar-refractivity contribution in [1.29, 1.82) is 0 Å². The Hall–Kier alpha value is -1.53. The van der Waals surface area contributed by atoms with Gasteiger partial charge in [-0.05, 0) is 39.9 Å². The largest absolute Gasteiger partial charge is 0.397 e. The molecule has 0 fully saturated rings. The van der Waals surface area contributed by atoms with E-state index in [4.69, 9.17) is 5.73 Å². The number of amides is 1. The van der Waals surface area contributed by atoms with Crippen molar-refractivity contribution in [2.24, 2.45) is 0 Å². The number of aromatic nitrogens is 1. The van der Waals surface area contributed by atoms with Crippen LogP contribution in [0.25, 0.3) is 0 Å². The fourth-order valence-corrected chi connectivity index (χ4v) is 3.08. The molecule has 6 heteroatoms. The number of thioether (sulfide) groups is 1. The Morgan fingerprint density at radius 2 is 2.14 bits per heavy atom. The van der Waals surface area contributed by atoms with Gasteiger partial charge in [0.2, 0.25) is 0 Å². The van der Waals surface area contributed by atoms with E-state index in [2.05, 4.69) is 27.8 Å². The highest BCUT2D eigenvalue weighted by Gasteiger charge is 2.19. The third-order valence-corrected chi connectivity index (χ3v) is 4.35. The van der Waals surface area contributed by atoms with Crippen molar-refractivity contribution in [3.8, 4) is 0 Å². The highest BCUT2D eigenvalue weighted by atomic mass is 79.9. The van der Waals surface area contributed by atoms with Gasteiger partial charge in [0, 0.05) is 11.9 Å². The number of nitrogens with two attached hydrogens (primary N) is 1. The summed E-state index contributed by atoms with van der Waals surface area (Å²) in [7, 11) is 1.71. The maximum atomic E-state index is 12.7. The first-order valence-electron chi connectivity index (χ1n) is 6.45. The van der Waals surface area contributed by atoms with E-state index in [9.17, 15) is 4.79 Å². The summed E-state index contributed by atoms with van der Waals surface area (Å²) in [5.74, 6) is 0.818. The van der Waals surface area contributed by atoms with Crippen molar-refractivity contribution in [2.45, 2.75) is 11.8 Å². The number of halogens is 1. The zero-order valence-corrected chi connectivity index (χ0v) is 14.2. The molecular weight excluding hydrogens is 350 g/mol. The molecule has 1 aromatic heterocycles. The summed E-state index contributed by atoms with van der Waals surface area (Å²) in [6.07, 6.45) is 1.59. The van der Waals surface area contributed by atoms with Crippen LogP contribution in [0.1, 0.15) is 17.3 Å². The molecule has 2 rings (SSSR count). The number of pyridine rings is 1. The van der Waals surface area contributed by atoms with Crippen molar-refractivity contribution in [1.82, 2.24) is 4.98 Å². The van der Waals surface area contributed by atoms with Crippen LogP contribution < -0.4 is 10.6 Å². The van der Waals surface area contributed by atoms with E-state index in [0.29, 0.717) is 21.5 Å². The molecule has 0 aliphatic heterocycles. The number of anilines is 2. The van der Waals surface area contributed by atoms with Gasteiger partial charge in [-0.15, -0.1) is 11.8 Å². The van der Waals surface area contributed by atoms with E-state index >= 15 is 0 Å². The van der Waals surface area contributed by atoms with Crippen molar-refractivity contribution in [2.75, 3.05) is 23.4 Å². The van der Waals surface area contributed by atoms with E-state index in [0.717, 1.165) is 10.6 Å². The minimum Gasteiger partial charge on any atom is -0.397 e. The van der Waals surface area contributed by atoms with Gasteiger partial charge in [-0.3, -0.25) is 4.79 Å². The Labute approximate surface area is 136 Å². The highest BCUT2D eigenvalue weighted by molar-refractivity contribution is 9.10. The van der Waals surface area contributed by atoms with Crippen LogP contribution in [0.3, 0.4) is 0 Å². The topological polar surface area (TPSA) is 59.2 Å². The van der Waals surface area contributed by atoms with Crippen molar-refractivity contribution in [3.05, 3.63) is 46.7 Å². The molecule has 1 heterocycles.